The highest BCUT2D eigenvalue weighted by atomic mass is 32.1. The van der Waals surface area contributed by atoms with Crippen LogP contribution in [0.25, 0.3) is 88.7 Å². The van der Waals surface area contributed by atoms with E-state index in [0.717, 1.165) is 11.0 Å². The number of pyridine rings is 2. The van der Waals surface area contributed by atoms with Crippen LogP contribution in [0.5, 0.6) is 0 Å². The topological polar surface area (TPSA) is 718 Å². The van der Waals surface area contributed by atoms with Gasteiger partial charge in [0, 0.05) is 30.7 Å². The van der Waals surface area contributed by atoms with Crippen molar-refractivity contribution < 1.29 is 0 Å². The van der Waals surface area contributed by atoms with Crippen molar-refractivity contribution in [2.75, 3.05) is 45.9 Å². The van der Waals surface area contributed by atoms with Crippen molar-refractivity contribution in [3.8, 4) is 0 Å². The fraction of sp³-hybridized carbons (Fsp3) is 0. The van der Waals surface area contributed by atoms with Gasteiger partial charge in [0.1, 0.15) is 55.2 Å². The van der Waals surface area contributed by atoms with Gasteiger partial charge in [-0.3, -0.25) is 53.8 Å². The molecule has 44 heteroatoms. The molecule has 0 atom stereocenters. The van der Waals surface area contributed by atoms with Gasteiger partial charge in [0.15, 0.2) is 32.9 Å². The average Bonchev–Trinajstić information content (AvgIpc) is 4.42. The molecule has 0 radical (unpaired) electrons. The first-order valence-electron chi connectivity index (χ1n) is 24.2. The second kappa shape index (κ2) is 25.6. The third-order valence-electron chi connectivity index (χ3n) is 11.1. The summed E-state index contributed by atoms with van der Waals surface area (Å²) in [5, 5.41) is 17.0. The quantitative estimate of drug-likeness (QED) is 0.0809. The van der Waals surface area contributed by atoms with E-state index < -0.39 is 0 Å². The highest BCUT2D eigenvalue weighted by molar-refractivity contribution is 7.71. The lowest BCUT2D eigenvalue weighted by molar-refractivity contribution is 0.954. The molecule has 0 fully saturated rings. The van der Waals surface area contributed by atoms with E-state index in [1.807, 2.05) is 6.07 Å². The summed E-state index contributed by atoms with van der Waals surface area (Å²) >= 11 is 9.88. The van der Waals surface area contributed by atoms with Gasteiger partial charge in [-0.15, -0.1) is 10.2 Å². The van der Waals surface area contributed by atoms with E-state index in [1.165, 1.54) is 31.2 Å². The number of fused-ring (bicyclic) bond motifs is 8. The molecule has 16 aromatic rings. The summed E-state index contributed by atoms with van der Waals surface area (Å²) in [5.41, 5.74) is 48.1. The fourth-order valence-corrected chi connectivity index (χ4v) is 7.89. The monoisotopic (exact) mass is 1240 g/mol. The molecule has 0 aliphatic heterocycles. The molecule has 0 bridgehead atoms. The molecule has 0 spiro atoms. The number of nitrogen functional groups attached to an aromatic ring is 8. The molecule has 16 rings (SSSR count). The first-order chi connectivity index (χ1) is 42.2. The third kappa shape index (κ3) is 14.0. The number of anilines is 8. The van der Waals surface area contributed by atoms with E-state index in [9.17, 15) is 28.8 Å². The van der Waals surface area contributed by atoms with Crippen LogP contribution >= 0.6 is 24.4 Å². The van der Waals surface area contributed by atoms with Crippen LogP contribution in [0, 0.1) is 9.28 Å². The summed E-state index contributed by atoms with van der Waals surface area (Å²) < 4.78 is 0.964. The summed E-state index contributed by atoms with van der Waals surface area (Å²) in [5.74, 6) is 1.70. The highest BCUT2D eigenvalue weighted by Crippen LogP contribution is 2.12. The SMILES string of the molecule is Nc1cc(=O)c2[nH]cnc2[nH]1.Nc1cc2[nH]cnc2c(=O)[nH]1.Nc1nc(=S)c2[nH]cnc2[nH]1.Nc1nc(=S)c2cc[nH]c2[nH]1.Nc1nc2[nH]ccc2c(=O)[nH]1.Nc1nc2cc[nH]c2c(=O)[nH]1.Nc1nc2cn[nH]c2c(=O)[nH]1.Nc1nc2n[nH]nc2c(=O)[nH]1. The Morgan fingerprint density at radius 2 is 0.989 bits per heavy atom. The summed E-state index contributed by atoms with van der Waals surface area (Å²) in [4.78, 5) is 138. The molecule has 0 unspecified atom stereocenters. The van der Waals surface area contributed by atoms with Crippen LogP contribution in [-0.2, 0) is 0 Å². The summed E-state index contributed by atoms with van der Waals surface area (Å²) in [7, 11) is 0. The first kappa shape index (κ1) is 59.0. The molecule has 16 heterocycles. The average molecular weight is 1240 g/mol. The van der Waals surface area contributed by atoms with Crippen molar-refractivity contribution in [3.63, 3.8) is 0 Å². The normalized spacial score (nSPS) is 10.5. The molecule has 88 heavy (non-hydrogen) atoms. The van der Waals surface area contributed by atoms with Crippen molar-refractivity contribution in [2.24, 2.45) is 0 Å². The minimum Gasteiger partial charge on any atom is -0.385 e. The van der Waals surface area contributed by atoms with E-state index in [0.29, 0.717) is 93.3 Å². The van der Waals surface area contributed by atoms with Gasteiger partial charge >= 0.3 is 0 Å². The molecule has 0 saturated heterocycles. The lowest BCUT2D eigenvalue weighted by Gasteiger charge is -1.92. The molecular weight excluding hydrogens is 1190 g/mol. The van der Waals surface area contributed by atoms with Crippen LogP contribution in [0.4, 0.5) is 47.3 Å². The second-order valence-electron chi connectivity index (χ2n) is 17.1. The predicted octanol–water partition coefficient (Wildman–Crippen LogP) is -1.01. The van der Waals surface area contributed by atoms with E-state index in [4.69, 9.17) is 70.3 Å². The van der Waals surface area contributed by atoms with Crippen LogP contribution < -0.4 is 79.1 Å². The molecule has 16 aromatic heterocycles. The fourth-order valence-electron chi connectivity index (χ4n) is 7.37. The highest BCUT2D eigenvalue weighted by Gasteiger charge is 2.07. The molecule has 0 amide bonds. The van der Waals surface area contributed by atoms with Crippen molar-refractivity contribution in [1.29, 1.82) is 0 Å². The minimum absolute atomic E-state index is 0.0383. The summed E-state index contributed by atoms with van der Waals surface area (Å²) in [6.07, 6.45) is 11.0. The van der Waals surface area contributed by atoms with Crippen LogP contribution in [0.2, 0.25) is 0 Å². The molecule has 0 aliphatic rings. The molecule has 0 aromatic carbocycles. The summed E-state index contributed by atoms with van der Waals surface area (Å²) in [6, 6.07) is 8.16. The van der Waals surface area contributed by atoms with Crippen molar-refractivity contribution in [3.05, 3.63) is 145 Å². The Bertz CT molecular complexity index is 4570. The Balaban J connectivity index is 0.000000120. The minimum atomic E-state index is -0.388. The number of hydrogen-bond donors (Lipinski definition) is 24. The summed E-state index contributed by atoms with van der Waals surface area (Å²) in [6.45, 7) is 0. The number of aromatic nitrogens is 28. The smallest absolute Gasteiger partial charge is 0.282 e. The molecule has 42 nitrogen and oxygen atoms in total. The molecule has 32 N–H and O–H groups in total. The van der Waals surface area contributed by atoms with Gasteiger partial charge in [-0.25, -0.2) is 34.9 Å². The van der Waals surface area contributed by atoms with Crippen LogP contribution in [-0.4, -0.2) is 140 Å². The zero-order valence-corrected chi connectivity index (χ0v) is 45.8. The van der Waals surface area contributed by atoms with Crippen LogP contribution in [0.15, 0.2) is 103 Å². The second-order valence-corrected chi connectivity index (χ2v) is 17.9. The van der Waals surface area contributed by atoms with Gasteiger partial charge in [-0.05, 0) is 18.2 Å². The van der Waals surface area contributed by atoms with Gasteiger partial charge in [0.2, 0.25) is 40.8 Å². The number of nitrogens with zero attached hydrogens (tertiary/aromatic N) is 12. The number of nitrogens with one attached hydrogen (secondary N) is 16. The van der Waals surface area contributed by atoms with Gasteiger partial charge in [0.05, 0.1) is 47.0 Å². The van der Waals surface area contributed by atoms with Crippen LogP contribution in [0.1, 0.15) is 0 Å². The number of aromatic amines is 16. The lowest BCUT2D eigenvalue weighted by atomic mass is 10.4. The first-order valence-corrected chi connectivity index (χ1v) is 25.1. The zero-order valence-electron chi connectivity index (χ0n) is 44.2. The van der Waals surface area contributed by atoms with Gasteiger partial charge in [0.25, 0.3) is 27.8 Å². The molecule has 0 saturated carbocycles. The zero-order chi connectivity index (χ0) is 62.8. The van der Waals surface area contributed by atoms with E-state index in [1.54, 1.807) is 36.8 Å². The number of nitrogens with two attached hydrogens (primary N) is 8. The lowest BCUT2D eigenvalue weighted by Crippen LogP contribution is -2.10. The number of imidazole rings is 3. The van der Waals surface area contributed by atoms with Gasteiger partial charge < -0.3 is 95.7 Å². The van der Waals surface area contributed by atoms with Crippen molar-refractivity contribution >= 4 is 160 Å². The number of H-pyrrole nitrogens is 16. The van der Waals surface area contributed by atoms with Gasteiger partial charge in [-0.1, -0.05) is 24.4 Å². The largest absolute Gasteiger partial charge is 0.385 e. The van der Waals surface area contributed by atoms with Gasteiger partial charge in [-0.2, -0.15) is 20.3 Å². The Hall–Kier alpha value is -13.7. The maximum Gasteiger partial charge on any atom is 0.282 e. The third-order valence-corrected chi connectivity index (χ3v) is 11.7. The maximum atomic E-state index is 11.1. The number of rotatable bonds is 0. The van der Waals surface area contributed by atoms with Crippen molar-refractivity contribution in [2.45, 2.75) is 0 Å². The molecule has 0 aliphatic carbocycles. The van der Waals surface area contributed by atoms with E-state index in [2.05, 4.69) is 140 Å². The predicted molar refractivity (Wildman–Crippen MR) is 329 cm³/mol. The Kier molecular flexibility index (Phi) is 17.2. The van der Waals surface area contributed by atoms with Crippen LogP contribution in [0.3, 0.4) is 0 Å². The Morgan fingerprint density at radius 3 is 1.76 bits per heavy atom. The van der Waals surface area contributed by atoms with E-state index in [-0.39, 0.29) is 74.1 Å². The number of hydrogen-bond acceptors (Lipinski definition) is 28. The molecular formula is C44H44N36O6S2. The van der Waals surface area contributed by atoms with Crippen molar-refractivity contribution in [1.82, 2.24) is 140 Å². The maximum absolute atomic E-state index is 11.1. The Labute approximate surface area is 490 Å². The van der Waals surface area contributed by atoms with E-state index >= 15 is 0 Å². The Morgan fingerprint density at radius 1 is 0.409 bits per heavy atom. The standard InChI is InChI=1S/4C6H6N4O.C6H6N4S.C5H5N5O.C5H5N5S.C4H4N6O/c7-4-1-3(11)5-6(10-4)9-2-8-5;7-4-1-3-5(6(11)10-4)9-2-8-3;7-6-9-3-1-2-8-4(3)5(11)10-6;2*7-6-9-4-3(1-2-8-4)5(11)10-6;6-5-8-2-1-7-10-3(2)4(11)9-5;6-5-9-3-2(4(11)10-5)7-1-8-3;5-4-6-2-1(3(11)7-4)8-10-9-2/h1-2H,(H4,7,8,9,10,11);1-2H,(H,8,9)(H3,7,10,11);1-2,8H,(H3,7,9,10,11);2*1-2H,(H4,7,8,9,10,11);1H,(H,7,10)(H3,6,8,9,11);1H,(H4,6,7,8,9,10,11);(H4,5,6,7,8,9,10,11). The molecule has 448 valence electrons.